The summed E-state index contributed by atoms with van der Waals surface area (Å²) in [5.74, 6) is 0.614. The summed E-state index contributed by atoms with van der Waals surface area (Å²) in [5.41, 5.74) is 1.14. The molecule has 0 aliphatic heterocycles. The summed E-state index contributed by atoms with van der Waals surface area (Å²) in [4.78, 5) is 14.9. The molecule has 1 atom stereocenters. The van der Waals surface area contributed by atoms with Crippen LogP contribution in [-0.2, 0) is 4.79 Å². The van der Waals surface area contributed by atoms with Gasteiger partial charge < -0.3 is 9.80 Å². The minimum Gasteiger partial charge on any atom is -0.378 e. The number of hydrogen-bond acceptors (Lipinski definition) is 3. The molecule has 0 saturated carbocycles. The van der Waals surface area contributed by atoms with E-state index in [9.17, 15) is 4.79 Å². The molecule has 1 unspecified atom stereocenters. The topological polar surface area (TPSA) is 23.6 Å². The summed E-state index contributed by atoms with van der Waals surface area (Å²) in [7, 11) is 6.22. The van der Waals surface area contributed by atoms with Gasteiger partial charge in [-0.3, -0.25) is 4.79 Å². The van der Waals surface area contributed by atoms with Gasteiger partial charge in [-0.2, -0.15) is 0 Å². The lowest BCUT2D eigenvalue weighted by molar-refractivity contribution is -0.104. The van der Waals surface area contributed by atoms with Crippen molar-refractivity contribution in [2.45, 2.75) is 26.7 Å². The van der Waals surface area contributed by atoms with Crippen LogP contribution in [-0.4, -0.2) is 50.3 Å². The van der Waals surface area contributed by atoms with Gasteiger partial charge in [-0.15, -0.1) is 0 Å². The Morgan fingerprint density at radius 1 is 1.31 bits per heavy atom. The summed E-state index contributed by atoms with van der Waals surface area (Å²) >= 11 is 0. The Kier molecular flexibility index (Phi) is 7.90. The van der Waals surface area contributed by atoms with Crippen LogP contribution in [0.15, 0.2) is 11.8 Å². The first-order valence-electron chi connectivity index (χ1n) is 6.01. The zero-order chi connectivity index (χ0) is 12.6. The molecule has 0 bridgehead atoms. The van der Waals surface area contributed by atoms with Gasteiger partial charge in [0, 0.05) is 19.3 Å². The normalized spacial score (nSPS) is 14.0. The highest BCUT2D eigenvalue weighted by molar-refractivity contribution is 5.65. The van der Waals surface area contributed by atoms with Crippen LogP contribution in [0, 0.1) is 5.92 Å². The van der Waals surface area contributed by atoms with Crippen LogP contribution >= 0.6 is 0 Å². The van der Waals surface area contributed by atoms with E-state index >= 15 is 0 Å². The van der Waals surface area contributed by atoms with Gasteiger partial charge in [-0.05, 0) is 52.4 Å². The fourth-order valence-electron chi connectivity index (χ4n) is 1.57. The molecule has 0 saturated heterocycles. The summed E-state index contributed by atoms with van der Waals surface area (Å²) in [5, 5.41) is 0. The molecule has 0 aromatic rings. The third-order valence-electron chi connectivity index (χ3n) is 2.85. The first-order chi connectivity index (χ1) is 7.51. The second-order valence-corrected chi connectivity index (χ2v) is 4.71. The molecule has 0 radical (unpaired) electrons. The van der Waals surface area contributed by atoms with E-state index in [-0.39, 0.29) is 0 Å². The van der Waals surface area contributed by atoms with E-state index in [0.717, 1.165) is 31.5 Å². The van der Waals surface area contributed by atoms with Crippen molar-refractivity contribution in [3.63, 3.8) is 0 Å². The van der Waals surface area contributed by atoms with E-state index in [1.165, 1.54) is 6.42 Å². The van der Waals surface area contributed by atoms with Crippen LogP contribution in [0.1, 0.15) is 26.7 Å². The maximum atomic E-state index is 10.6. The predicted molar refractivity (Wildman–Crippen MR) is 69.4 cm³/mol. The fourth-order valence-corrected chi connectivity index (χ4v) is 1.57. The van der Waals surface area contributed by atoms with Crippen molar-refractivity contribution in [1.82, 2.24) is 9.80 Å². The van der Waals surface area contributed by atoms with E-state index in [4.69, 9.17) is 0 Å². The van der Waals surface area contributed by atoms with Gasteiger partial charge in [-0.1, -0.05) is 6.92 Å². The molecule has 3 heteroatoms. The highest BCUT2D eigenvalue weighted by Crippen LogP contribution is 2.17. The van der Waals surface area contributed by atoms with E-state index in [2.05, 4.69) is 37.7 Å². The monoisotopic (exact) mass is 226 g/mol. The van der Waals surface area contributed by atoms with Crippen molar-refractivity contribution < 1.29 is 4.79 Å². The lowest BCUT2D eigenvalue weighted by Crippen LogP contribution is -2.21. The van der Waals surface area contributed by atoms with Crippen molar-refractivity contribution in [2.75, 3.05) is 34.2 Å². The minimum absolute atomic E-state index is 0.614. The number of hydrogen-bond donors (Lipinski definition) is 0. The first kappa shape index (κ1) is 15.2. The van der Waals surface area contributed by atoms with E-state index in [0.29, 0.717) is 5.92 Å². The molecule has 0 rings (SSSR count). The average Bonchev–Trinajstić information content (AvgIpc) is 2.24. The third kappa shape index (κ3) is 6.62. The molecule has 0 spiro atoms. The molecule has 0 aliphatic carbocycles. The number of carbonyl (C=O) groups is 1. The zero-order valence-electron chi connectivity index (χ0n) is 11.4. The molecule has 0 fully saturated rings. The van der Waals surface area contributed by atoms with E-state index < -0.39 is 0 Å². The molecule has 0 aromatic carbocycles. The Hall–Kier alpha value is -0.830. The van der Waals surface area contributed by atoms with Gasteiger partial charge in [0.2, 0.25) is 0 Å². The van der Waals surface area contributed by atoms with Crippen molar-refractivity contribution >= 4 is 6.29 Å². The fraction of sp³-hybridized carbons (Fsp3) is 0.769. The predicted octanol–water partition coefficient (Wildman–Crippen LogP) is 2.00. The molecule has 0 heterocycles. The number of aldehydes is 1. The summed E-state index contributed by atoms with van der Waals surface area (Å²) in [6.45, 7) is 6.39. The Bertz CT molecular complexity index is 224. The smallest absolute Gasteiger partial charge is 0.144 e. The van der Waals surface area contributed by atoms with Crippen molar-refractivity contribution in [3.05, 3.63) is 11.8 Å². The number of carbonyl (C=O) groups excluding carboxylic acids is 1. The zero-order valence-corrected chi connectivity index (χ0v) is 11.4. The number of rotatable bonds is 8. The van der Waals surface area contributed by atoms with Crippen LogP contribution in [0.4, 0.5) is 0 Å². The molecule has 0 aromatic heterocycles. The molecule has 3 nitrogen and oxygen atoms in total. The molecular formula is C13H26N2O. The highest BCUT2D eigenvalue weighted by Gasteiger charge is 2.09. The Morgan fingerprint density at radius 2 is 1.94 bits per heavy atom. The lowest BCUT2D eigenvalue weighted by atomic mass is 10.0. The Labute approximate surface area is 100 Å². The van der Waals surface area contributed by atoms with E-state index in [1.54, 1.807) is 6.08 Å². The largest absolute Gasteiger partial charge is 0.378 e. The third-order valence-corrected chi connectivity index (χ3v) is 2.85. The van der Waals surface area contributed by atoms with Gasteiger partial charge in [0.15, 0.2) is 0 Å². The quantitative estimate of drug-likeness (QED) is 0.467. The second-order valence-electron chi connectivity index (χ2n) is 4.71. The van der Waals surface area contributed by atoms with Crippen molar-refractivity contribution in [1.29, 1.82) is 0 Å². The van der Waals surface area contributed by atoms with Gasteiger partial charge in [0.25, 0.3) is 0 Å². The second kappa shape index (κ2) is 8.34. The Morgan fingerprint density at radius 3 is 2.38 bits per heavy atom. The first-order valence-corrected chi connectivity index (χ1v) is 6.01. The maximum absolute atomic E-state index is 10.6. The van der Waals surface area contributed by atoms with Crippen LogP contribution < -0.4 is 0 Å². The summed E-state index contributed by atoms with van der Waals surface area (Å²) in [6.07, 6.45) is 4.73. The molecule has 0 amide bonds. The maximum Gasteiger partial charge on any atom is 0.144 e. The highest BCUT2D eigenvalue weighted by atomic mass is 16.1. The molecule has 94 valence electrons. The molecule has 16 heavy (non-hydrogen) atoms. The number of allylic oxidation sites excluding steroid dienone is 2. The molecular weight excluding hydrogens is 200 g/mol. The SMILES string of the molecule is CCN(C)/C(=C\C=O)CC(C)CCN(C)C. The standard InChI is InChI=1S/C13H26N2O/c1-6-15(5)13(8-10-16)11-12(2)7-9-14(3)4/h8,10,12H,6-7,9,11H2,1-5H3/b13-8-. The Balaban J connectivity index is 4.19. The summed E-state index contributed by atoms with van der Waals surface area (Å²) in [6, 6.07) is 0. The van der Waals surface area contributed by atoms with E-state index in [1.807, 2.05) is 7.05 Å². The van der Waals surface area contributed by atoms with Gasteiger partial charge >= 0.3 is 0 Å². The average molecular weight is 226 g/mol. The van der Waals surface area contributed by atoms with Crippen molar-refractivity contribution in [3.8, 4) is 0 Å². The van der Waals surface area contributed by atoms with Gasteiger partial charge in [-0.25, -0.2) is 0 Å². The van der Waals surface area contributed by atoms with Crippen LogP contribution in [0.2, 0.25) is 0 Å². The molecule has 0 aliphatic rings. The van der Waals surface area contributed by atoms with Gasteiger partial charge in [0.1, 0.15) is 6.29 Å². The molecule has 0 N–H and O–H groups in total. The van der Waals surface area contributed by atoms with Crippen LogP contribution in [0.5, 0.6) is 0 Å². The van der Waals surface area contributed by atoms with Crippen LogP contribution in [0.25, 0.3) is 0 Å². The summed E-state index contributed by atoms with van der Waals surface area (Å²) < 4.78 is 0. The van der Waals surface area contributed by atoms with Crippen molar-refractivity contribution in [2.24, 2.45) is 5.92 Å². The number of nitrogens with zero attached hydrogens (tertiary/aromatic N) is 2. The van der Waals surface area contributed by atoms with Gasteiger partial charge in [0.05, 0.1) is 0 Å². The van der Waals surface area contributed by atoms with Crippen LogP contribution in [0.3, 0.4) is 0 Å². The minimum atomic E-state index is 0.614. The lowest BCUT2D eigenvalue weighted by Gasteiger charge is -2.23.